The van der Waals surface area contributed by atoms with Crippen LogP contribution < -0.4 is 15.0 Å². The van der Waals surface area contributed by atoms with E-state index in [1.165, 1.54) is 17.2 Å². The lowest BCUT2D eigenvalue weighted by Gasteiger charge is -2.16. The Morgan fingerprint density at radius 1 is 1.26 bits per heavy atom. The van der Waals surface area contributed by atoms with Gasteiger partial charge in [0.15, 0.2) is 0 Å². The second-order valence-corrected chi connectivity index (χ2v) is 5.62. The topological polar surface area (TPSA) is 74.7 Å². The average Bonchev–Trinajstić information content (AvgIpc) is 3.08. The fraction of sp³-hybridized carbons (Fsp3) is 0.333. The Labute approximate surface area is 154 Å². The molecular weight excluding hydrogens is 363 g/mol. The molecule has 0 atom stereocenters. The molecule has 1 aromatic carbocycles. The fourth-order valence-electron chi connectivity index (χ4n) is 2.62. The number of nitrogens with one attached hydrogen (secondary N) is 1. The molecule has 6 nitrogen and oxygen atoms in total. The maximum atomic E-state index is 13.1. The molecule has 27 heavy (non-hydrogen) atoms. The van der Waals surface area contributed by atoms with Crippen molar-refractivity contribution in [3.63, 3.8) is 0 Å². The van der Waals surface area contributed by atoms with Crippen LogP contribution in [-0.4, -0.2) is 36.3 Å². The summed E-state index contributed by atoms with van der Waals surface area (Å²) >= 11 is 0. The lowest BCUT2D eigenvalue weighted by atomic mass is 10.0. The third kappa shape index (κ3) is 4.88. The zero-order valence-corrected chi connectivity index (χ0v) is 14.9. The number of aliphatic hydroxyl groups excluding tert-OH is 1. The highest BCUT2D eigenvalue weighted by Crippen LogP contribution is 2.33. The van der Waals surface area contributed by atoms with Crippen LogP contribution >= 0.6 is 0 Å². The average molecular weight is 383 g/mol. The van der Waals surface area contributed by atoms with Crippen LogP contribution in [0.3, 0.4) is 0 Å². The lowest BCUT2D eigenvalue weighted by Crippen LogP contribution is -2.28. The number of hydrogen-bond acceptors (Lipinski definition) is 4. The summed E-state index contributed by atoms with van der Waals surface area (Å²) < 4.78 is 44.8. The molecule has 0 saturated carbocycles. The number of rotatable bonds is 4. The second kappa shape index (κ2) is 8.72. The van der Waals surface area contributed by atoms with Crippen molar-refractivity contribution in [1.82, 2.24) is 10.3 Å². The van der Waals surface area contributed by atoms with Gasteiger partial charge in [0.05, 0.1) is 11.8 Å². The SMILES string of the molecule is CO.Cc1cccc(C(F)(F)F)c1COc1ccc(N2CCNC2=O)nc1. The van der Waals surface area contributed by atoms with Crippen molar-refractivity contribution < 1.29 is 27.8 Å². The molecule has 3 rings (SSSR count). The van der Waals surface area contributed by atoms with E-state index >= 15 is 0 Å². The number of pyridine rings is 1. The van der Waals surface area contributed by atoms with Crippen molar-refractivity contribution in [1.29, 1.82) is 0 Å². The van der Waals surface area contributed by atoms with Crippen LogP contribution in [0, 0.1) is 6.92 Å². The molecule has 1 aliphatic heterocycles. The number of aliphatic hydroxyl groups is 1. The third-order valence-electron chi connectivity index (χ3n) is 3.95. The van der Waals surface area contributed by atoms with Crippen molar-refractivity contribution >= 4 is 11.8 Å². The predicted molar refractivity (Wildman–Crippen MR) is 93.6 cm³/mol. The Kier molecular flexibility index (Phi) is 6.62. The molecule has 2 amide bonds. The van der Waals surface area contributed by atoms with Crippen molar-refractivity contribution in [2.45, 2.75) is 19.7 Å². The summed E-state index contributed by atoms with van der Waals surface area (Å²) in [6.45, 7) is 2.46. The van der Waals surface area contributed by atoms with Gasteiger partial charge in [0.25, 0.3) is 0 Å². The van der Waals surface area contributed by atoms with Crippen LogP contribution in [0.15, 0.2) is 36.5 Å². The quantitative estimate of drug-likeness (QED) is 0.851. The van der Waals surface area contributed by atoms with E-state index in [0.717, 1.165) is 13.2 Å². The molecule has 0 unspecified atom stereocenters. The van der Waals surface area contributed by atoms with E-state index < -0.39 is 11.7 Å². The molecular formula is C18H20F3N3O3. The summed E-state index contributed by atoms with van der Waals surface area (Å²) in [5.74, 6) is 0.800. The first-order valence-corrected chi connectivity index (χ1v) is 8.11. The number of benzene rings is 1. The van der Waals surface area contributed by atoms with Gasteiger partial charge in [-0.1, -0.05) is 12.1 Å². The number of urea groups is 1. The van der Waals surface area contributed by atoms with Crippen LogP contribution in [0.25, 0.3) is 0 Å². The van der Waals surface area contributed by atoms with E-state index in [9.17, 15) is 18.0 Å². The summed E-state index contributed by atoms with van der Waals surface area (Å²) in [7, 11) is 1.00. The highest BCUT2D eigenvalue weighted by Gasteiger charge is 2.33. The molecule has 0 aliphatic carbocycles. The Morgan fingerprint density at radius 2 is 2.00 bits per heavy atom. The number of hydrogen-bond donors (Lipinski definition) is 2. The molecule has 0 spiro atoms. The maximum absolute atomic E-state index is 13.1. The summed E-state index contributed by atoms with van der Waals surface area (Å²) in [4.78, 5) is 17.2. The van der Waals surface area contributed by atoms with Gasteiger partial charge in [0.1, 0.15) is 18.2 Å². The molecule has 0 radical (unpaired) electrons. The maximum Gasteiger partial charge on any atom is 0.416 e. The van der Waals surface area contributed by atoms with E-state index in [1.54, 1.807) is 25.1 Å². The number of anilines is 1. The molecule has 1 saturated heterocycles. The number of aryl methyl sites for hydroxylation is 1. The minimum atomic E-state index is -4.43. The second-order valence-electron chi connectivity index (χ2n) is 5.62. The number of carbonyl (C=O) groups excluding carboxylic acids is 1. The van der Waals surface area contributed by atoms with Crippen LogP contribution in [0.1, 0.15) is 16.7 Å². The number of ether oxygens (including phenoxy) is 1. The van der Waals surface area contributed by atoms with Gasteiger partial charge in [-0.2, -0.15) is 13.2 Å². The van der Waals surface area contributed by atoms with E-state index in [1.807, 2.05) is 0 Å². The Bertz CT molecular complexity index is 780. The van der Waals surface area contributed by atoms with Gasteiger partial charge in [0, 0.05) is 25.8 Å². The van der Waals surface area contributed by atoms with Crippen LogP contribution in [-0.2, 0) is 12.8 Å². The van der Waals surface area contributed by atoms with Gasteiger partial charge < -0.3 is 15.2 Å². The van der Waals surface area contributed by atoms with Gasteiger partial charge in [-0.3, -0.25) is 4.90 Å². The van der Waals surface area contributed by atoms with Crippen molar-refractivity contribution in [2.75, 3.05) is 25.1 Å². The van der Waals surface area contributed by atoms with E-state index in [-0.39, 0.29) is 18.2 Å². The van der Waals surface area contributed by atoms with Gasteiger partial charge in [-0.15, -0.1) is 0 Å². The number of alkyl halides is 3. The fourth-order valence-corrected chi connectivity index (χ4v) is 2.62. The first kappa shape index (κ1) is 20.5. The Hall–Kier alpha value is -2.81. The van der Waals surface area contributed by atoms with E-state index in [4.69, 9.17) is 9.84 Å². The molecule has 2 heterocycles. The largest absolute Gasteiger partial charge is 0.487 e. The number of amides is 2. The third-order valence-corrected chi connectivity index (χ3v) is 3.95. The predicted octanol–water partition coefficient (Wildman–Crippen LogP) is 3.13. The van der Waals surface area contributed by atoms with Crippen molar-refractivity contribution in [2.24, 2.45) is 0 Å². The summed E-state index contributed by atoms with van der Waals surface area (Å²) in [6.07, 6.45) is -3.04. The molecule has 1 fully saturated rings. The monoisotopic (exact) mass is 383 g/mol. The molecule has 0 bridgehead atoms. The zero-order valence-electron chi connectivity index (χ0n) is 14.9. The van der Waals surface area contributed by atoms with E-state index in [2.05, 4.69) is 10.3 Å². The normalized spacial score (nSPS) is 13.7. The highest BCUT2D eigenvalue weighted by atomic mass is 19.4. The summed E-state index contributed by atoms with van der Waals surface area (Å²) in [6, 6.07) is 6.98. The summed E-state index contributed by atoms with van der Waals surface area (Å²) in [5.41, 5.74) is -0.100. The van der Waals surface area contributed by atoms with Gasteiger partial charge >= 0.3 is 12.2 Å². The zero-order chi connectivity index (χ0) is 20.0. The molecule has 9 heteroatoms. The minimum Gasteiger partial charge on any atom is -0.487 e. The first-order valence-electron chi connectivity index (χ1n) is 8.11. The summed E-state index contributed by atoms with van der Waals surface area (Å²) in [5, 5.41) is 9.67. The number of carbonyl (C=O) groups is 1. The highest BCUT2D eigenvalue weighted by molar-refractivity contribution is 5.93. The van der Waals surface area contributed by atoms with Crippen LogP contribution in [0.5, 0.6) is 5.75 Å². The number of nitrogens with zero attached hydrogens (tertiary/aromatic N) is 2. The smallest absolute Gasteiger partial charge is 0.416 e. The van der Waals surface area contributed by atoms with Crippen LogP contribution in [0.2, 0.25) is 0 Å². The Balaban J connectivity index is 0.00000126. The Morgan fingerprint density at radius 3 is 2.56 bits per heavy atom. The van der Waals surface area contributed by atoms with Gasteiger partial charge in [-0.25, -0.2) is 9.78 Å². The first-order chi connectivity index (χ1) is 12.9. The minimum absolute atomic E-state index is 0.0954. The molecule has 1 aliphatic rings. The molecule has 2 aromatic rings. The van der Waals surface area contributed by atoms with Gasteiger partial charge in [0.2, 0.25) is 0 Å². The number of aromatic nitrogens is 1. The van der Waals surface area contributed by atoms with Gasteiger partial charge in [-0.05, 0) is 30.7 Å². The molecule has 2 N–H and O–H groups in total. The molecule has 146 valence electrons. The number of halogens is 3. The standard InChI is InChI=1S/C17H16F3N3O2.CH4O/c1-11-3-2-4-14(17(18,19)20)13(11)10-25-12-5-6-15(22-9-12)23-8-7-21-16(23)24;1-2/h2-6,9H,7-8,10H2,1H3,(H,21,24);2H,1H3. The van der Waals surface area contributed by atoms with E-state index in [0.29, 0.717) is 30.2 Å². The van der Waals surface area contributed by atoms with Crippen molar-refractivity contribution in [3.05, 3.63) is 53.2 Å². The van der Waals surface area contributed by atoms with Crippen LogP contribution in [0.4, 0.5) is 23.8 Å². The molecule has 1 aromatic heterocycles. The lowest BCUT2D eigenvalue weighted by molar-refractivity contribution is -0.138. The van der Waals surface area contributed by atoms with Crippen molar-refractivity contribution in [3.8, 4) is 5.75 Å².